The van der Waals surface area contributed by atoms with Gasteiger partial charge in [-0.25, -0.2) is 0 Å². The summed E-state index contributed by atoms with van der Waals surface area (Å²) in [6.07, 6.45) is 17.8. The van der Waals surface area contributed by atoms with Gasteiger partial charge in [0.2, 0.25) is 0 Å². The van der Waals surface area contributed by atoms with Crippen LogP contribution in [0, 0.1) is 5.41 Å². The van der Waals surface area contributed by atoms with Crippen molar-refractivity contribution in [3.05, 3.63) is 37.1 Å². The third kappa shape index (κ3) is 7.47. The van der Waals surface area contributed by atoms with E-state index >= 15 is 0 Å². The lowest BCUT2D eigenvalue weighted by molar-refractivity contribution is 0.318. The zero-order valence-electron chi connectivity index (χ0n) is 13.8. The van der Waals surface area contributed by atoms with E-state index in [0.717, 1.165) is 0 Å². The van der Waals surface area contributed by atoms with Gasteiger partial charge in [0.15, 0.2) is 0 Å². The molecule has 0 amide bonds. The Morgan fingerprint density at radius 3 is 2.20 bits per heavy atom. The van der Waals surface area contributed by atoms with Crippen LogP contribution in [-0.2, 0) is 0 Å². The monoisotopic (exact) mass is 275 g/mol. The van der Waals surface area contributed by atoms with Crippen molar-refractivity contribution in [2.24, 2.45) is 10.4 Å². The van der Waals surface area contributed by atoms with E-state index in [-0.39, 0.29) is 5.41 Å². The molecule has 0 heterocycles. The van der Waals surface area contributed by atoms with Gasteiger partial charge < -0.3 is 0 Å². The molecular weight excluding hydrogens is 242 g/mol. The lowest BCUT2D eigenvalue weighted by Crippen LogP contribution is -2.19. The average molecular weight is 275 g/mol. The second-order valence-corrected chi connectivity index (χ2v) is 5.78. The minimum atomic E-state index is 0.235. The van der Waals surface area contributed by atoms with Gasteiger partial charge in [0.25, 0.3) is 0 Å². The van der Waals surface area contributed by atoms with Crippen LogP contribution in [0.4, 0.5) is 0 Å². The molecule has 0 aromatic carbocycles. The number of hydrogen-bond donors (Lipinski definition) is 0. The SMILES string of the molecule is C=C/N=C\C=C(/C=C)C(C)(CCCC)CCCCCC. The van der Waals surface area contributed by atoms with Crippen molar-refractivity contribution in [3.8, 4) is 0 Å². The first-order valence-electron chi connectivity index (χ1n) is 8.11. The molecule has 0 aliphatic carbocycles. The van der Waals surface area contributed by atoms with Crippen LogP contribution in [0.2, 0.25) is 0 Å². The summed E-state index contributed by atoms with van der Waals surface area (Å²) in [5.74, 6) is 0. The summed E-state index contributed by atoms with van der Waals surface area (Å²) in [6.45, 7) is 14.5. The third-order valence-electron chi connectivity index (χ3n) is 4.03. The zero-order valence-corrected chi connectivity index (χ0v) is 13.8. The molecule has 0 rings (SSSR count). The van der Waals surface area contributed by atoms with Gasteiger partial charge in [-0.3, -0.25) is 4.99 Å². The Hall–Kier alpha value is -1.11. The molecule has 0 aromatic rings. The molecule has 1 atom stereocenters. The van der Waals surface area contributed by atoms with Crippen molar-refractivity contribution in [2.45, 2.75) is 72.1 Å². The van der Waals surface area contributed by atoms with Crippen LogP contribution in [0.3, 0.4) is 0 Å². The summed E-state index contributed by atoms with van der Waals surface area (Å²) in [6, 6.07) is 0. The van der Waals surface area contributed by atoms with Gasteiger partial charge in [-0.2, -0.15) is 0 Å². The quantitative estimate of drug-likeness (QED) is 0.219. The molecule has 0 aromatic heterocycles. The van der Waals surface area contributed by atoms with Crippen molar-refractivity contribution in [2.75, 3.05) is 0 Å². The zero-order chi connectivity index (χ0) is 15.3. The first-order chi connectivity index (χ1) is 9.64. The number of rotatable bonds is 12. The molecule has 0 spiro atoms. The fourth-order valence-electron chi connectivity index (χ4n) is 2.62. The molecule has 0 saturated heterocycles. The smallest absolute Gasteiger partial charge is 0.0270 e. The molecule has 114 valence electrons. The largest absolute Gasteiger partial charge is 0.265 e. The molecule has 0 radical (unpaired) electrons. The lowest BCUT2D eigenvalue weighted by Gasteiger charge is -2.31. The summed E-state index contributed by atoms with van der Waals surface area (Å²) in [7, 11) is 0. The van der Waals surface area contributed by atoms with E-state index in [1.807, 2.05) is 12.3 Å². The van der Waals surface area contributed by atoms with E-state index in [4.69, 9.17) is 0 Å². The summed E-state index contributed by atoms with van der Waals surface area (Å²) >= 11 is 0. The number of unbranched alkanes of at least 4 members (excludes halogenated alkanes) is 4. The molecule has 0 saturated carbocycles. The second kappa shape index (κ2) is 11.7. The summed E-state index contributed by atoms with van der Waals surface area (Å²) in [5.41, 5.74) is 1.55. The number of nitrogens with zero attached hydrogens (tertiary/aromatic N) is 1. The molecule has 0 N–H and O–H groups in total. The van der Waals surface area contributed by atoms with Crippen molar-refractivity contribution >= 4 is 6.21 Å². The highest BCUT2D eigenvalue weighted by atomic mass is 14.6. The Bertz CT molecular complexity index is 325. The van der Waals surface area contributed by atoms with E-state index in [1.165, 1.54) is 56.9 Å². The minimum Gasteiger partial charge on any atom is -0.265 e. The van der Waals surface area contributed by atoms with Crippen LogP contribution < -0.4 is 0 Å². The van der Waals surface area contributed by atoms with Gasteiger partial charge in [-0.1, -0.05) is 78.5 Å². The normalized spacial score (nSPS) is 15.2. The van der Waals surface area contributed by atoms with Crippen LogP contribution in [0.5, 0.6) is 0 Å². The third-order valence-corrected chi connectivity index (χ3v) is 4.03. The Morgan fingerprint density at radius 2 is 1.65 bits per heavy atom. The fourth-order valence-corrected chi connectivity index (χ4v) is 2.62. The molecule has 0 aliphatic heterocycles. The van der Waals surface area contributed by atoms with Crippen LogP contribution in [-0.4, -0.2) is 6.21 Å². The Labute approximate surface area is 126 Å². The van der Waals surface area contributed by atoms with Crippen molar-refractivity contribution < 1.29 is 0 Å². The van der Waals surface area contributed by atoms with Crippen LogP contribution in [0.1, 0.15) is 72.1 Å². The molecular formula is C19H33N. The highest BCUT2D eigenvalue weighted by Gasteiger charge is 2.25. The second-order valence-electron chi connectivity index (χ2n) is 5.78. The Kier molecular flexibility index (Phi) is 11.0. The van der Waals surface area contributed by atoms with E-state index < -0.39 is 0 Å². The molecule has 1 nitrogen and oxygen atoms in total. The van der Waals surface area contributed by atoms with Crippen molar-refractivity contribution in [3.63, 3.8) is 0 Å². The lowest BCUT2D eigenvalue weighted by atomic mass is 9.73. The summed E-state index contributed by atoms with van der Waals surface area (Å²) in [4.78, 5) is 4.08. The van der Waals surface area contributed by atoms with Crippen LogP contribution in [0.15, 0.2) is 42.1 Å². The van der Waals surface area contributed by atoms with Gasteiger partial charge >= 0.3 is 0 Å². The summed E-state index contributed by atoms with van der Waals surface area (Å²) < 4.78 is 0. The minimum absolute atomic E-state index is 0.235. The van der Waals surface area contributed by atoms with Gasteiger partial charge in [0, 0.05) is 12.4 Å². The Balaban J connectivity index is 4.85. The van der Waals surface area contributed by atoms with E-state index in [1.54, 1.807) is 6.20 Å². The molecule has 0 aliphatic rings. The molecule has 0 bridgehead atoms. The maximum Gasteiger partial charge on any atom is 0.0270 e. The van der Waals surface area contributed by atoms with Gasteiger partial charge in [0.1, 0.15) is 0 Å². The highest BCUT2D eigenvalue weighted by Crippen LogP contribution is 2.38. The summed E-state index contributed by atoms with van der Waals surface area (Å²) in [5, 5.41) is 0. The highest BCUT2D eigenvalue weighted by molar-refractivity contribution is 5.73. The topological polar surface area (TPSA) is 12.4 Å². The van der Waals surface area contributed by atoms with Gasteiger partial charge in [-0.15, -0.1) is 0 Å². The maximum absolute atomic E-state index is 4.08. The van der Waals surface area contributed by atoms with E-state index in [0.29, 0.717) is 0 Å². The van der Waals surface area contributed by atoms with Crippen LogP contribution >= 0.6 is 0 Å². The molecule has 1 unspecified atom stereocenters. The van der Waals surface area contributed by atoms with E-state index in [9.17, 15) is 0 Å². The van der Waals surface area contributed by atoms with Crippen molar-refractivity contribution in [1.82, 2.24) is 0 Å². The fraction of sp³-hybridized carbons (Fsp3) is 0.632. The van der Waals surface area contributed by atoms with Crippen molar-refractivity contribution in [1.29, 1.82) is 0 Å². The molecule has 20 heavy (non-hydrogen) atoms. The predicted molar refractivity (Wildman–Crippen MR) is 93.4 cm³/mol. The first-order valence-corrected chi connectivity index (χ1v) is 8.11. The molecule has 0 fully saturated rings. The van der Waals surface area contributed by atoms with E-state index in [2.05, 4.69) is 45.0 Å². The standard InChI is InChI=1S/C19H33N/c1-6-10-12-13-16-19(5,15-11-7-2)18(8-3)14-17-20-9-4/h8-9,14,17H,3-4,6-7,10-13,15-16H2,1-2,5H3/b18-14+,20-17-. The predicted octanol–water partition coefficient (Wildman–Crippen LogP) is 6.48. The molecule has 1 heteroatoms. The number of hydrogen-bond acceptors (Lipinski definition) is 1. The van der Waals surface area contributed by atoms with Gasteiger partial charge in [-0.05, 0) is 29.9 Å². The maximum atomic E-state index is 4.08. The average Bonchev–Trinajstić information content (AvgIpc) is 2.46. The van der Waals surface area contributed by atoms with Crippen LogP contribution in [0.25, 0.3) is 0 Å². The number of aliphatic imine (C=N–C) groups is 1. The first kappa shape index (κ1) is 18.9. The Morgan fingerprint density at radius 1 is 1.00 bits per heavy atom. The number of allylic oxidation sites excluding steroid dienone is 3. The van der Waals surface area contributed by atoms with Gasteiger partial charge in [0.05, 0.1) is 0 Å².